The van der Waals surface area contributed by atoms with Crippen LogP contribution in [0, 0.1) is 35.5 Å². The normalized spacial score (nSPS) is 17.2. The van der Waals surface area contributed by atoms with Crippen LogP contribution in [0.4, 0.5) is 0 Å². The van der Waals surface area contributed by atoms with Crippen LogP contribution in [0.5, 0.6) is 0 Å². The maximum Gasteiger partial charge on any atom is 0.346 e. The van der Waals surface area contributed by atoms with Crippen molar-refractivity contribution in [1.82, 2.24) is 0 Å². The topological polar surface area (TPSA) is 176 Å². The fraction of sp³-hybridized carbons (Fsp3) is 0.679. The second-order valence-corrected chi connectivity index (χ2v) is 10.7. The van der Waals surface area contributed by atoms with E-state index in [1.54, 1.807) is 6.92 Å². The highest BCUT2D eigenvalue weighted by Gasteiger charge is 2.43. The molecule has 0 rings (SSSR count). The van der Waals surface area contributed by atoms with E-state index < -0.39 is 47.8 Å². The molecule has 0 aromatic rings. The molecule has 0 aromatic heterocycles. The van der Waals surface area contributed by atoms with E-state index in [2.05, 4.69) is 39.4 Å². The molecule has 0 spiro atoms. The molecule has 38 heavy (non-hydrogen) atoms. The van der Waals surface area contributed by atoms with E-state index in [1.165, 1.54) is 19.4 Å². The van der Waals surface area contributed by atoms with Gasteiger partial charge in [0.1, 0.15) is 0 Å². The van der Waals surface area contributed by atoms with Crippen molar-refractivity contribution in [2.24, 2.45) is 35.5 Å². The number of ether oxygens (including phenoxy) is 1. The molecule has 0 saturated carbocycles. The van der Waals surface area contributed by atoms with Gasteiger partial charge in [0.2, 0.25) is 12.0 Å². The minimum atomic E-state index is -2.51. The summed E-state index contributed by atoms with van der Waals surface area (Å²) in [5.41, 5.74) is 0.570. The third-order valence-corrected chi connectivity index (χ3v) is 6.55. The zero-order valence-corrected chi connectivity index (χ0v) is 23.5. The Morgan fingerprint density at radius 2 is 1.26 bits per heavy atom. The molecule has 0 aliphatic heterocycles. The fourth-order valence-corrected chi connectivity index (χ4v) is 4.70. The highest BCUT2D eigenvalue weighted by molar-refractivity contribution is 5.99. The smallest absolute Gasteiger partial charge is 0.346 e. The van der Waals surface area contributed by atoms with Crippen LogP contribution in [0.15, 0.2) is 23.3 Å². The highest BCUT2D eigenvalue weighted by Crippen LogP contribution is 2.26. The number of allylic oxidation sites excluding steroid dienone is 3. The Labute approximate surface area is 224 Å². The summed E-state index contributed by atoms with van der Waals surface area (Å²) in [4.78, 5) is 57.9. The van der Waals surface area contributed by atoms with Crippen LogP contribution >= 0.6 is 0 Å². The lowest BCUT2D eigenvalue weighted by Gasteiger charge is -2.21. The standard InChI is InChI=1S/C28H44O10/c1-8-15(2)9-16(3)10-17(4)11-18(5)12-19(6)13-21(24(29)30)14-20(7)28(37)38-23(27(35)36)22(25(31)32)26(33)34/h12-13,15-18,20,22-23H,8-11,14H2,1-7H3,(H,29,30)(H,31,32)(H,33,34)(H,35,36). The zero-order valence-electron chi connectivity index (χ0n) is 23.5. The SMILES string of the molecule is CCC(C)CC(C)CC(C)CC(C)C=C(C)C=C(CC(C)C(=O)OC(C(=O)O)C(C(=O)O)C(=O)O)C(=O)O. The molecule has 10 nitrogen and oxygen atoms in total. The van der Waals surface area contributed by atoms with Gasteiger partial charge >= 0.3 is 29.8 Å². The van der Waals surface area contributed by atoms with E-state index in [1.807, 2.05) is 6.08 Å². The Bertz CT molecular complexity index is 889. The molecule has 0 aliphatic rings. The van der Waals surface area contributed by atoms with Crippen molar-refractivity contribution >= 4 is 29.8 Å². The largest absolute Gasteiger partial charge is 0.480 e. The summed E-state index contributed by atoms with van der Waals surface area (Å²) < 4.78 is 4.68. The number of carbonyl (C=O) groups is 5. The quantitative estimate of drug-likeness (QED) is 0.0811. The molecule has 0 heterocycles. The van der Waals surface area contributed by atoms with Gasteiger partial charge in [-0.05, 0) is 62.4 Å². The number of carboxylic acids is 4. The van der Waals surface area contributed by atoms with Gasteiger partial charge in [-0.2, -0.15) is 0 Å². The first-order chi connectivity index (χ1) is 17.5. The van der Waals surface area contributed by atoms with Gasteiger partial charge in [-0.3, -0.25) is 14.4 Å². The third-order valence-electron chi connectivity index (χ3n) is 6.55. The molecular weight excluding hydrogens is 496 g/mol. The first kappa shape index (κ1) is 34.8. The van der Waals surface area contributed by atoms with Crippen molar-refractivity contribution in [2.45, 2.75) is 86.7 Å². The fourth-order valence-electron chi connectivity index (χ4n) is 4.70. The lowest BCUT2D eigenvalue weighted by atomic mass is 9.84. The van der Waals surface area contributed by atoms with Gasteiger partial charge in [0.25, 0.3) is 0 Å². The molecule has 4 N–H and O–H groups in total. The lowest BCUT2D eigenvalue weighted by Crippen LogP contribution is -2.44. The number of hydrogen-bond donors (Lipinski definition) is 4. The van der Waals surface area contributed by atoms with Crippen LogP contribution in [-0.4, -0.2) is 56.4 Å². The van der Waals surface area contributed by atoms with Gasteiger partial charge in [-0.25, -0.2) is 9.59 Å². The Hall–Kier alpha value is -3.17. The number of carboxylic acid groups (broad SMARTS) is 4. The molecule has 6 atom stereocenters. The molecule has 10 heteroatoms. The van der Waals surface area contributed by atoms with E-state index in [-0.39, 0.29) is 17.9 Å². The third kappa shape index (κ3) is 12.9. The first-order valence-corrected chi connectivity index (χ1v) is 13.0. The Kier molecular flexibility index (Phi) is 15.2. The predicted molar refractivity (Wildman–Crippen MR) is 140 cm³/mol. The second-order valence-electron chi connectivity index (χ2n) is 10.7. The molecular formula is C28H44O10. The van der Waals surface area contributed by atoms with Crippen molar-refractivity contribution in [1.29, 1.82) is 0 Å². The minimum absolute atomic E-state index is 0.120. The van der Waals surface area contributed by atoms with Crippen molar-refractivity contribution in [3.05, 3.63) is 23.3 Å². The summed E-state index contributed by atoms with van der Waals surface area (Å²) in [5.74, 6) is -10.1. The Morgan fingerprint density at radius 1 is 0.763 bits per heavy atom. The summed E-state index contributed by atoms with van der Waals surface area (Å²) in [6.45, 7) is 14.0. The predicted octanol–water partition coefficient (Wildman–Crippen LogP) is 4.88. The van der Waals surface area contributed by atoms with Crippen LogP contribution in [0.1, 0.15) is 80.6 Å². The second kappa shape index (κ2) is 16.6. The number of hydrogen-bond acceptors (Lipinski definition) is 6. The van der Waals surface area contributed by atoms with Crippen molar-refractivity contribution in [3.8, 4) is 0 Å². The van der Waals surface area contributed by atoms with E-state index in [0.717, 1.165) is 19.3 Å². The number of aliphatic carboxylic acids is 4. The lowest BCUT2D eigenvalue weighted by molar-refractivity contribution is -0.180. The number of esters is 1. The molecule has 6 unspecified atom stereocenters. The average Bonchev–Trinajstić information content (AvgIpc) is 2.76. The molecule has 0 fully saturated rings. The average molecular weight is 541 g/mol. The van der Waals surface area contributed by atoms with E-state index in [9.17, 15) is 34.2 Å². The Balaban J connectivity index is 5.38. The van der Waals surface area contributed by atoms with Crippen molar-refractivity contribution < 1.29 is 49.1 Å². The van der Waals surface area contributed by atoms with Crippen molar-refractivity contribution in [3.63, 3.8) is 0 Å². The van der Waals surface area contributed by atoms with Gasteiger partial charge in [-0.1, -0.05) is 59.6 Å². The minimum Gasteiger partial charge on any atom is -0.480 e. The maximum absolute atomic E-state index is 12.4. The highest BCUT2D eigenvalue weighted by atomic mass is 16.6. The molecule has 0 radical (unpaired) electrons. The van der Waals surface area contributed by atoms with Gasteiger partial charge in [0.15, 0.2) is 0 Å². The maximum atomic E-state index is 12.4. The van der Waals surface area contributed by atoms with Crippen LogP contribution in [-0.2, 0) is 28.7 Å². The zero-order chi connectivity index (χ0) is 29.7. The van der Waals surface area contributed by atoms with E-state index >= 15 is 0 Å². The molecule has 0 aliphatic carbocycles. The molecule has 0 aromatic carbocycles. The first-order valence-electron chi connectivity index (χ1n) is 13.0. The summed E-state index contributed by atoms with van der Waals surface area (Å²) in [6.07, 6.45) is 5.01. The van der Waals surface area contributed by atoms with Crippen LogP contribution in [0.3, 0.4) is 0 Å². The van der Waals surface area contributed by atoms with Crippen LogP contribution in [0.25, 0.3) is 0 Å². The summed E-state index contributed by atoms with van der Waals surface area (Å²) >= 11 is 0. The van der Waals surface area contributed by atoms with Gasteiger partial charge in [0, 0.05) is 5.57 Å². The number of rotatable bonds is 18. The van der Waals surface area contributed by atoms with E-state index in [4.69, 9.17) is 10.2 Å². The summed E-state index contributed by atoms with van der Waals surface area (Å²) in [5, 5.41) is 36.9. The molecule has 0 saturated heterocycles. The van der Waals surface area contributed by atoms with E-state index in [0.29, 0.717) is 23.3 Å². The molecule has 0 amide bonds. The summed E-state index contributed by atoms with van der Waals surface area (Å²) in [7, 11) is 0. The molecule has 216 valence electrons. The van der Waals surface area contributed by atoms with Crippen LogP contribution in [0.2, 0.25) is 0 Å². The van der Waals surface area contributed by atoms with Crippen molar-refractivity contribution in [2.75, 3.05) is 0 Å². The monoisotopic (exact) mass is 540 g/mol. The van der Waals surface area contributed by atoms with Crippen LogP contribution < -0.4 is 0 Å². The number of carbonyl (C=O) groups excluding carboxylic acids is 1. The van der Waals surface area contributed by atoms with Gasteiger partial charge in [0.05, 0.1) is 5.92 Å². The Morgan fingerprint density at radius 3 is 1.71 bits per heavy atom. The summed E-state index contributed by atoms with van der Waals surface area (Å²) in [6, 6.07) is 0. The molecule has 0 bridgehead atoms. The van der Waals surface area contributed by atoms with Gasteiger partial charge < -0.3 is 25.2 Å². The van der Waals surface area contributed by atoms with Gasteiger partial charge in [-0.15, -0.1) is 0 Å².